The van der Waals surface area contributed by atoms with Gasteiger partial charge in [-0.25, -0.2) is 0 Å². The lowest BCUT2D eigenvalue weighted by atomic mass is 10.1. The van der Waals surface area contributed by atoms with E-state index in [1.165, 1.54) is 50.1 Å². The smallest absolute Gasteiger partial charge is 0.0435 e. The maximum atomic E-state index is 5.15. The zero-order valence-electron chi connectivity index (χ0n) is 20.9. The Balaban J connectivity index is -0.000000391. The molecule has 0 aliphatic carbocycles. The molecule has 0 unspecified atom stereocenters. The number of hydrogen-bond donors (Lipinski definition) is 0. The van der Waals surface area contributed by atoms with Crippen molar-refractivity contribution in [3.63, 3.8) is 0 Å². The lowest BCUT2D eigenvalue weighted by molar-refractivity contribution is 1.11. The Kier molecular flexibility index (Phi) is 17.2. The topological polar surface area (TPSA) is 0 Å². The number of halogens is 3. The van der Waals surface area contributed by atoms with Crippen LogP contribution in [0.25, 0.3) is 0 Å². The highest BCUT2D eigenvalue weighted by Crippen LogP contribution is 2.20. The summed E-state index contributed by atoms with van der Waals surface area (Å²) in [6.07, 6.45) is 0. The third kappa shape index (κ3) is 11.2. The van der Waals surface area contributed by atoms with Crippen LogP contribution in [0.3, 0.4) is 0 Å². The van der Waals surface area contributed by atoms with E-state index < -0.39 is 0 Å². The van der Waals surface area contributed by atoms with Gasteiger partial charge in [-0.3, -0.25) is 14.1 Å². The molecule has 0 bridgehead atoms. The molecule has 0 heterocycles. The molecule has 0 aliphatic rings. The molecule has 3 aromatic rings. The third-order valence-corrected chi connectivity index (χ3v) is 6.75. The van der Waals surface area contributed by atoms with Gasteiger partial charge in [-0.1, -0.05) is 91.0 Å². The van der Waals surface area contributed by atoms with Gasteiger partial charge in [0.1, 0.15) is 0 Å². The zero-order valence-corrected chi connectivity index (χ0v) is 23.4. The lowest BCUT2D eigenvalue weighted by Gasteiger charge is -2.02. The fraction of sp³-hybridized carbons (Fsp3) is 0.333. The molecule has 0 N–H and O–H groups in total. The van der Waals surface area contributed by atoms with E-state index in [1.54, 1.807) is 0 Å². The number of aryl methyl sites for hydroxylation is 9. The molecule has 0 amide bonds. The number of rotatable bonds is 0. The van der Waals surface area contributed by atoms with Crippen LogP contribution in [0.1, 0.15) is 50.1 Å². The van der Waals surface area contributed by atoms with Gasteiger partial charge in [0.25, 0.3) is 0 Å². The van der Waals surface area contributed by atoms with E-state index >= 15 is 0 Å². The lowest BCUT2D eigenvalue weighted by Crippen LogP contribution is -1.83. The predicted molar refractivity (Wildman–Crippen MR) is 147 cm³/mol. The summed E-state index contributed by atoms with van der Waals surface area (Å²) < 4.78 is 0. The Morgan fingerprint density at radius 3 is 0.576 bits per heavy atom. The molecule has 3 radical (unpaired) electrons. The van der Waals surface area contributed by atoms with Crippen molar-refractivity contribution in [2.45, 2.75) is 77.0 Å². The van der Waals surface area contributed by atoms with Gasteiger partial charge < -0.3 is 0 Å². The molecule has 183 valence electrons. The summed E-state index contributed by atoms with van der Waals surface area (Å²) in [5, 5.41) is 0. The molecular weight excluding hydrogens is 477 g/mol. The first-order valence-electron chi connectivity index (χ1n) is 10.1. The summed E-state index contributed by atoms with van der Waals surface area (Å²) >= 11 is 15.5. The Labute approximate surface area is 214 Å². The highest BCUT2D eigenvalue weighted by molar-refractivity contribution is 7.80. The van der Waals surface area contributed by atoms with Crippen LogP contribution in [0.5, 0.6) is 0 Å². The van der Waals surface area contributed by atoms with Crippen molar-refractivity contribution in [2.75, 3.05) is 0 Å². The summed E-state index contributed by atoms with van der Waals surface area (Å²) in [6.45, 7) is 18.6. The van der Waals surface area contributed by atoms with Gasteiger partial charge in [-0.05, 0) is 95.7 Å². The van der Waals surface area contributed by atoms with Crippen molar-refractivity contribution in [1.82, 2.24) is 0 Å². The van der Waals surface area contributed by atoms with E-state index in [0.717, 1.165) is 14.7 Å². The minimum absolute atomic E-state index is 0. The molecule has 0 fully saturated rings. The summed E-state index contributed by atoms with van der Waals surface area (Å²) in [6, 6.07) is 12.7. The second kappa shape index (κ2) is 15.9. The molecule has 0 saturated carbocycles. The first-order valence-corrected chi connectivity index (χ1v) is 11.3. The summed E-state index contributed by atoms with van der Waals surface area (Å²) in [5.74, 6) is 0. The first kappa shape index (κ1) is 35.7. The quantitative estimate of drug-likeness (QED) is 0.280. The van der Waals surface area contributed by atoms with E-state index in [4.69, 9.17) is 37.9 Å². The highest BCUT2D eigenvalue weighted by atomic mass is 32.1. The standard InChI is InChI=1S/3C9H11S.3FH/c3*1-6-4-7(2)9(10)8(3)5-6;;;/h3*4-5H,1-3H3;3*1H. The largest absolute Gasteiger partial charge is 0.269 e. The predicted octanol–water partition coefficient (Wildman–Crippen LogP) is 9.96. The van der Waals surface area contributed by atoms with E-state index in [2.05, 4.69) is 98.7 Å². The van der Waals surface area contributed by atoms with Crippen molar-refractivity contribution < 1.29 is 14.1 Å². The van der Waals surface area contributed by atoms with Crippen LogP contribution < -0.4 is 0 Å². The van der Waals surface area contributed by atoms with Crippen molar-refractivity contribution in [1.29, 1.82) is 0 Å². The molecule has 33 heavy (non-hydrogen) atoms. The van der Waals surface area contributed by atoms with Gasteiger partial charge in [0.05, 0.1) is 0 Å². The molecule has 0 aromatic heterocycles. The molecule has 3 rings (SSSR count). The fourth-order valence-electron chi connectivity index (χ4n) is 3.50. The SMILES string of the molecule is Cc1cc(C)c([S])c(C)c1.Cc1cc(C)c([S])c(C)c1.Cc1cc(C)c([S])c(C)c1.F.F.F. The van der Waals surface area contributed by atoms with Gasteiger partial charge in [0, 0.05) is 14.7 Å². The van der Waals surface area contributed by atoms with Gasteiger partial charge >= 0.3 is 0 Å². The van der Waals surface area contributed by atoms with Gasteiger partial charge in [-0.2, -0.15) is 0 Å². The molecule has 0 saturated heterocycles. The minimum Gasteiger partial charge on any atom is -0.269 e. The van der Waals surface area contributed by atoms with Gasteiger partial charge in [0.2, 0.25) is 0 Å². The normalized spacial score (nSPS) is 9.00. The van der Waals surface area contributed by atoms with Crippen molar-refractivity contribution in [3.05, 3.63) is 86.5 Å². The van der Waals surface area contributed by atoms with Crippen LogP contribution in [0.2, 0.25) is 0 Å². The molecule has 0 atom stereocenters. The molecular formula is C27H36F3S3. The highest BCUT2D eigenvalue weighted by Gasteiger charge is 1.99. The van der Waals surface area contributed by atoms with E-state index in [1.807, 2.05) is 0 Å². The molecule has 3 aromatic carbocycles. The summed E-state index contributed by atoms with van der Waals surface area (Å²) in [5.41, 5.74) is 11.2. The van der Waals surface area contributed by atoms with E-state index in [0.29, 0.717) is 0 Å². The number of benzene rings is 3. The second-order valence-electron chi connectivity index (χ2n) is 8.18. The summed E-state index contributed by atoms with van der Waals surface area (Å²) in [7, 11) is 0. The van der Waals surface area contributed by atoms with Crippen molar-refractivity contribution in [3.8, 4) is 0 Å². The Bertz CT molecular complexity index is 830. The zero-order chi connectivity index (χ0) is 23.2. The van der Waals surface area contributed by atoms with Crippen LogP contribution in [0.4, 0.5) is 14.1 Å². The van der Waals surface area contributed by atoms with Crippen LogP contribution in [-0.2, 0) is 0 Å². The monoisotopic (exact) mass is 513 g/mol. The van der Waals surface area contributed by atoms with Gasteiger partial charge in [-0.15, -0.1) is 0 Å². The first-order chi connectivity index (χ1) is 13.8. The fourth-order valence-corrected chi connectivity index (χ4v) is 3.85. The van der Waals surface area contributed by atoms with E-state index in [9.17, 15) is 0 Å². The number of hydrogen-bond acceptors (Lipinski definition) is 0. The molecule has 0 spiro atoms. The van der Waals surface area contributed by atoms with Crippen LogP contribution >= 0.6 is 37.9 Å². The molecule has 6 heteroatoms. The second-order valence-corrected chi connectivity index (χ2v) is 9.41. The van der Waals surface area contributed by atoms with Crippen LogP contribution in [0.15, 0.2) is 51.1 Å². The molecule has 0 nitrogen and oxygen atoms in total. The average Bonchev–Trinajstić information content (AvgIpc) is 2.63. The Morgan fingerprint density at radius 2 is 0.455 bits per heavy atom. The van der Waals surface area contributed by atoms with Crippen LogP contribution in [0, 0.1) is 62.3 Å². The maximum absolute atomic E-state index is 5.15. The average molecular weight is 514 g/mol. The maximum Gasteiger partial charge on any atom is 0.0435 e. The molecule has 0 aliphatic heterocycles. The Hall–Kier alpha value is -1.89. The van der Waals surface area contributed by atoms with Crippen LogP contribution in [-0.4, -0.2) is 0 Å². The summed E-state index contributed by atoms with van der Waals surface area (Å²) in [4.78, 5) is 3.02. The minimum atomic E-state index is 0. The van der Waals surface area contributed by atoms with E-state index in [-0.39, 0.29) is 14.1 Å². The van der Waals surface area contributed by atoms with Gasteiger partial charge in [0.15, 0.2) is 0 Å². The van der Waals surface area contributed by atoms with Crippen molar-refractivity contribution >= 4 is 37.9 Å². The van der Waals surface area contributed by atoms with Crippen molar-refractivity contribution in [2.24, 2.45) is 0 Å². The Morgan fingerprint density at radius 1 is 0.333 bits per heavy atom. The third-order valence-electron chi connectivity index (χ3n) is 4.81.